The Kier molecular flexibility index (Phi) is 2.28. The molecule has 0 spiro atoms. The topological polar surface area (TPSA) is 17.1 Å². The van der Waals surface area contributed by atoms with Gasteiger partial charge < -0.3 is 0 Å². The Morgan fingerprint density at radius 2 is 2.44 bits per heavy atom. The summed E-state index contributed by atoms with van der Waals surface area (Å²) in [5, 5.41) is 0. The third-order valence-corrected chi connectivity index (χ3v) is 2.43. The number of rotatable bonds is 1. The molecule has 0 aromatic heterocycles. The van der Waals surface area contributed by atoms with Crippen LogP contribution in [-0.4, -0.2) is 10.6 Å². The lowest BCUT2D eigenvalue weighted by Crippen LogP contribution is -2.15. The molecule has 1 aliphatic carbocycles. The van der Waals surface area contributed by atoms with E-state index in [0.717, 1.165) is 19.3 Å². The fourth-order valence-electron chi connectivity index (χ4n) is 1.23. The van der Waals surface area contributed by atoms with Gasteiger partial charge in [-0.05, 0) is 19.8 Å². The van der Waals surface area contributed by atoms with Crippen LogP contribution in [0.2, 0.25) is 0 Å². The van der Waals surface area contributed by atoms with Gasteiger partial charge in [-0.15, -0.1) is 0 Å². The van der Waals surface area contributed by atoms with Gasteiger partial charge >= 0.3 is 0 Å². The van der Waals surface area contributed by atoms with Crippen molar-refractivity contribution < 1.29 is 4.79 Å². The van der Waals surface area contributed by atoms with E-state index in [4.69, 9.17) is 0 Å². The van der Waals surface area contributed by atoms with Gasteiger partial charge in [0.1, 0.15) is 5.78 Å². The van der Waals surface area contributed by atoms with Crippen molar-refractivity contribution in [1.29, 1.82) is 0 Å². The smallest absolute Gasteiger partial charge is 0.137 e. The van der Waals surface area contributed by atoms with Gasteiger partial charge in [0.2, 0.25) is 0 Å². The third-order valence-electron chi connectivity index (χ3n) is 1.79. The zero-order valence-corrected chi connectivity index (χ0v) is 6.86. The van der Waals surface area contributed by atoms with Crippen molar-refractivity contribution in [2.24, 2.45) is 5.92 Å². The molecule has 1 rings (SSSR count). The number of carbonyl (C=O) groups excluding carboxylic acids is 1. The van der Waals surface area contributed by atoms with E-state index in [-0.39, 0.29) is 10.7 Å². The summed E-state index contributed by atoms with van der Waals surface area (Å²) in [6.45, 7) is 3.77. The summed E-state index contributed by atoms with van der Waals surface area (Å²) in [4.78, 5) is 11.1. The number of Topliss-reactive ketones (excluding diaryl/α,β-unsaturated/α-hetero) is 1. The molecule has 1 saturated carbocycles. The first-order valence-corrected chi connectivity index (χ1v) is 4.13. The van der Waals surface area contributed by atoms with E-state index in [1.54, 1.807) is 0 Å². The van der Waals surface area contributed by atoms with E-state index in [9.17, 15) is 4.79 Å². The van der Waals surface area contributed by atoms with Crippen LogP contribution in [-0.2, 0) is 4.79 Å². The molecule has 0 amide bonds. The minimum absolute atomic E-state index is 0.132. The van der Waals surface area contributed by atoms with Crippen molar-refractivity contribution >= 4 is 21.7 Å². The fraction of sp³-hybridized carbons (Fsp3) is 0.714. The van der Waals surface area contributed by atoms with E-state index in [0.29, 0.717) is 5.78 Å². The number of halogens is 1. The molecule has 0 aliphatic heterocycles. The molecule has 1 nitrogen and oxygen atoms in total. The SMILES string of the molecule is [CH2]C(Br)C1CCCC1=O. The average molecular weight is 190 g/mol. The fourth-order valence-corrected chi connectivity index (χ4v) is 1.78. The highest BCUT2D eigenvalue weighted by Gasteiger charge is 2.27. The molecule has 2 atom stereocenters. The quantitative estimate of drug-likeness (QED) is 0.577. The Morgan fingerprint density at radius 1 is 1.78 bits per heavy atom. The monoisotopic (exact) mass is 189 g/mol. The maximum Gasteiger partial charge on any atom is 0.137 e. The molecule has 1 radical (unpaired) electrons. The molecule has 0 bridgehead atoms. The maximum atomic E-state index is 10.9. The van der Waals surface area contributed by atoms with Crippen LogP contribution in [0.25, 0.3) is 0 Å². The molecule has 9 heavy (non-hydrogen) atoms. The van der Waals surface area contributed by atoms with Crippen LogP contribution in [0.3, 0.4) is 0 Å². The third kappa shape index (κ3) is 1.54. The molecule has 0 N–H and O–H groups in total. The van der Waals surface area contributed by atoms with Crippen molar-refractivity contribution in [3.63, 3.8) is 0 Å². The van der Waals surface area contributed by atoms with Gasteiger partial charge in [0, 0.05) is 17.2 Å². The van der Waals surface area contributed by atoms with Crippen molar-refractivity contribution in [2.45, 2.75) is 24.1 Å². The zero-order chi connectivity index (χ0) is 6.85. The van der Waals surface area contributed by atoms with E-state index in [1.807, 2.05) is 0 Å². The highest BCUT2D eigenvalue weighted by atomic mass is 79.9. The Hall–Kier alpha value is 0.150. The molecule has 0 aromatic rings. The number of alkyl halides is 1. The van der Waals surface area contributed by atoms with Gasteiger partial charge in [-0.2, -0.15) is 0 Å². The van der Waals surface area contributed by atoms with Crippen LogP contribution in [0.15, 0.2) is 0 Å². The second-order valence-electron chi connectivity index (χ2n) is 2.48. The highest BCUT2D eigenvalue weighted by molar-refractivity contribution is 9.09. The molecule has 0 saturated heterocycles. The molecule has 1 fully saturated rings. The lowest BCUT2D eigenvalue weighted by molar-refractivity contribution is -0.120. The first kappa shape index (κ1) is 7.26. The largest absolute Gasteiger partial charge is 0.299 e. The number of hydrogen-bond acceptors (Lipinski definition) is 1. The van der Waals surface area contributed by atoms with E-state index in [2.05, 4.69) is 22.9 Å². The average Bonchev–Trinajstić information content (AvgIpc) is 2.13. The van der Waals surface area contributed by atoms with Crippen molar-refractivity contribution in [3.05, 3.63) is 6.92 Å². The standard InChI is InChI=1S/C7H10BrO/c1-5(8)6-3-2-4-7(6)9/h5-6H,1-4H2. The van der Waals surface area contributed by atoms with Crippen molar-refractivity contribution in [1.82, 2.24) is 0 Å². The van der Waals surface area contributed by atoms with E-state index >= 15 is 0 Å². The Morgan fingerprint density at radius 3 is 2.67 bits per heavy atom. The summed E-state index contributed by atoms with van der Waals surface area (Å²) >= 11 is 3.31. The van der Waals surface area contributed by atoms with Crippen LogP contribution < -0.4 is 0 Å². The second kappa shape index (κ2) is 2.82. The number of ketones is 1. The second-order valence-corrected chi connectivity index (χ2v) is 3.66. The van der Waals surface area contributed by atoms with Crippen LogP contribution in [0, 0.1) is 12.8 Å². The molecule has 0 aromatic carbocycles. The summed E-state index contributed by atoms with van der Waals surface area (Å²) in [6.07, 6.45) is 2.85. The summed E-state index contributed by atoms with van der Waals surface area (Å²) in [5.74, 6) is 0.580. The Bertz CT molecular complexity index is 120. The summed E-state index contributed by atoms with van der Waals surface area (Å²) in [5.41, 5.74) is 0. The number of hydrogen-bond donors (Lipinski definition) is 0. The Balaban J connectivity index is 2.49. The molecular formula is C7H10BrO. The molecule has 0 heterocycles. The number of carbonyl (C=O) groups is 1. The molecule has 51 valence electrons. The summed E-state index contributed by atoms with van der Waals surface area (Å²) < 4.78 is 0. The van der Waals surface area contributed by atoms with Crippen LogP contribution >= 0.6 is 15.9 Å². The normalized spacial score (nSPS) is 30.9. The van der Waals surface area contributed by atoms with Crippen LogP contribution in [0.4, 0.5) is 0 Å². The van der Waals surface area contributed by atoms with E-state index < -0.39 is 0 Å². The Labute approximate surface area is 64.0 Å². The van der Waals surface area contributed by atoms with Crippen LogP contribution in [0.5, 0.6) is 0 Å². The molecule has 2 heteroatoms. The van der Waals surface area contributed by atoms with Gasteiger partial charge in [0.25, 0.3) is 0 Å². The van der Waals surface area contributed by atoms with Crippen molar-refractivity contribution in [3.8, 4) is 0 Å². The first-order chi connectivity index (χ1) is 4.22. The van der Waals surface area contributed by atoms with Gasteiger partial charge in [-0.1, -0.05) is 15.9 Å². The van der Waals surface area contributed by atoms with E-state index in [1.165, 1.54) is 0 Å². The minimum Gasteiger partial charge on any atom is -0.299 e. The van der Waals surface area contributed by atoms with Crippen LogP contribution in [0.1, 0.15) is 19.3 Å². The van der Waals surface area contributed by atoms with Gasteiger partial charge in [0.15, 0.2) is 0 Å². The molecular weight excluding hydrogens is 180 g/mol. The lowest BCUT2D eigenvalue weighted by Gasteiger charge is -2.08. The highest BCUT2D eigenvalue weighted by Crippen LogP contribution is 2.27. The molecule has 1 aliphatic rings. The molecule has 2 unspecified atom stereocenters. The summed E-state index contributed by atoms with van der Waals surface area (Å²) in [7, 11) is 0. The predicted octanol–water partition coefficient (Wildman–Crippen LogP) is 1.95. The van der Waals surface area contributed by atoms with Gasteiger partial charge in [-0.3, -0.25) is 4.79 Å². The minimum atomic E-state index is 0.132. The zero-order valence-electron chi connectivity index (χ0n) is 5.27. The lowest BCUT2D eigenvalue weighted by atomic mass is 10.1. The maximum absolute atomic E-state index is 10.9. The predicted molar refractivity (Wildman–Crippen MR) is 40.4 cm³/mol. The van der Waals surface area contributed by atoms with Gasteiger partial charge in [0.05, 0.1) is 0 Å². The first-order valence-electron chi connectivity index (χ1n) is 3.21. The van der Waals surface area contributed by atoms with Gasteiger partial charge in [-0.25, -0.2) is 0 Å². The summed E-state index contributed by atoms with van der Waals surface area (Å²) in [6, 6.07) is 0. The van der Waals surface area contributed by atoms with Crippen molar-refractivity contribution in [2.75, 3.05) is 0 Å².